The summed E-state index contributed by atoms with van der Waals surface area (Å²) in [4.78, 5) is 0. The highest BCUT2D eigenvalue weighted by Crippen LogP contribution is 2.21. The van der Waals surface area contributed by atoms with Crippen LogP contribution in [0.4, 0.5) is 0 Å². The van der Waals surface area contributed by atoms with Crippen molar-refractivity contribution in [2.75, 3.05) is 6.54 Å². The maximum absolute atomic E-state index is 5.67. The van der Waals surface area contributed by atoms with E-state index in [-0.39, 0.29) is 0 Å². The van der Waals surface area contributed by atoms with E-state index in [2.05, 4.69) is 56.4 Å². The van der Waals surface area contributed by atoms with Gasteiger partial charge in [0.1, 0.15) is 0 Å². The lowest BCUT2D eigenvalue weighted by Gasteiger charge is -2.24. The maximum Gasteiger partial charge on any atom is 0.0325 e. The Morgan fingerprint density at radius 2 is 1.75 bits per heavy atom. The molecular weight excluding hydrogens is 196 g/mol. The third-order valence-corrected chi connectivity index (χ3v) is 2.75. The standard InChI is InChI=1S/C14H24N2/c1-11(2)9-14(16-12(3)10-15)13-7-5-4-6-8-13/h4-8,11-12,14,16H,9-10,15H2,1-3H3. The highest BCUT2D eigenvalue weighted by molar-refractivity contribution is 5.19. The van der Waals surface area contributed by atoms with Gasteiger partial charge < -0.3 is 11.1 Å². The van der Waals surface area contributed by atoms with E-state index in [9.17, 15) is 0 Å². The van der Waals surface area contributed by atoms with Crippen molar-refractivity contribution in [3.63, 3.8) is 0 Å². The van der Waals surface area contributed by atoms with Gasteiger partial charge in [-0.2, -0.15) is 0 Å². The van der Waals surface area contributed by atoms with Crippen LogP contribution in [0, 0.1) is 5.92 Å². The van der Waals surface area contributed by atoms with Crippen LogP contribution in [0.2, 0.25) is 0 Å². The average molecular weight is 220 g/mol. The second kappa shape index (κ2) is 6.66. The lowest BCUT2D eigenvalue weighted by atomic mass is 9.96. The van der Waals surface area contributed by atoms with E-state index in [1.165, 1.54) is 5.56 Å². The van der Waals surface area contributed by atoms with E-state index in [1.54, 1.807) is 0 Å². The van der Waals surface area contributed by atoms with Gasteiger partial charge in [0, 0.05) is 18.6 Å². The molecule has 0 radical (unpaired) electrons. The van der Waals surface area contributed by atoms with Crippen molar-refractivity contribution < 1.29 is 0 Å². The van der Waals surface area contributed by atoms with E-state index in [1.807, 2.05) is 0 Å². The van der Waals surface area contributed by atoms with Crippen molar-refractivity contribution in [1.82, 2.24) is 5.32 Å². The molecule has 1 rings (SSSR count). The van der Waals surface area contributed by atoms with Gasteiger partial charge in [-0.05, 0) is 24.8 Å². The molecule has 1 aromatic carbocycles. The van der Waals surface area contributed by atoms with Gasteiger partial charge in [-0.3, -0.25) is 0 Å². The number of nitrogens with two attached hydrogens (primary N) is 1. The van der Waals surface area contributed by atoms with Crippen molar-refractivity contribution in [2.24, 2.45) is 11.7 Å². The fourth-order valence-electron chi connectivity index (χ4n) is 1.87. The Morgan fingerprint density at radius 3 is 2.25 bits per heavy atom. The van der Waals surface area contributed by atoms with Gasteiger partial charge in [0.25, 0.3) is 0 Å². The second-order valence-electron chi connectivity index (χ2n) is 4.90. The highest BCUT2D eigenvalue weighted by atomic mass is 15.0. The molecule has 0 aliphatic heterocycles. The summed E-state index contributed by atoms with van der Waals surface area (Å²) in [7, 11) is 0. The Hall–Kier alpha value is -0.860. The zero-order valence-corrected chi connectivity index (χ0v) is 10.6. The summed E-state index contributed by atoms with van der Waals surface area (Å²) in [6.07, 6.45) is 1.15. The molecule has 0 aliphatic rings. The van der Waals surface area contributed by atoms with Crippen LogP contribution in [0.1, 0.15) is 38.8 Å². The van der Waals surface area contributed by atoms with Gasteiger partial charge in [-0.25, -0.2) is 0 Å². The number of rotatable bonds is 6. The molecule has 2 nitrogen and oxygen atoms in total. The molecule has 0 aliphatic carbocycles. The molecule has 0 saturated heterocycles. The molecule has 0 saturated carbocycles. The van der Waals surface area contributed by atoms with Gasteiger partial charge in [0.05, 0.1) is 0 Å². The van der Waals surface area contributed by atoms with Crippen LogP contribution in [0.3, 0.4) is 0 Å². The van der Waals surface area contributed by atoms with Crippen LogP contribution in [0.25, 0.3) is 0 Å². The Balaban J connectivity index is 2.71. The maximum atomic E-state index is 5.67. The molecule has 1 aromatic rings. The molecule has 2 unspecified atom stereocenters. The molecule has 0 fully saturated rings. The fraction of sp³-hybridized carbons (Fsp3) is 0.571. The molecular formula is C14H24N2. The summed E-state index contributed by atoms with van der Waals surface area (Å²) < 4.78 is 0. The molecule has 16 heavy (non-hydrogen) atoms. The van der Waals surface area contributed by atoms with Crippen molar-refractivity contribution in [3.8, 4) is 0 Å². The van der Waals surface area contributed by atoms with Crippen molar-refractivity contribution in [3.05, 3.63) is 35.9 Å². The third kappa shape index (κ3) is 4.33. The Bertz CT molecular complexity index is 282. The first-order valence-corrected chi connectivity index (χ1v) is 6.14. The van der Waals surface area contributed by atoms with Gasteiger partial charge in [0.15, 0.2) is 0 Å². The zero-order valence-electron chi connectivity index (χ0n) is 10.6. The zero-order chi connectivity index (χ0) is 12.0. The summed E-state index contributed by atoms with van der Waals surface area (Å²) in [5.41, 5.74) is 7.02. The SMILES string of the molecule is CC(C)CC(NC(C)CN)c1ccccc1. The minimum atomic E-state index is 0.365. The number of benzene rings is 1. The Labute approximate surface area is 99.2 Å². The van der Waals surface area contributed by atoms with E-state index < -0.39 is 0 Å². The average Bonchev–Trinajstić information content (AvgIpc) is 2.28. The van der Waals surface area contributed by atoms with E-state index >= 15 is 0 Å². The summed E-state index contributed by atoms with van der Waals surface area (Å²) in [6, 6.07) is 11.4. The minimum Gasteiger partial charge on any atom is -0.329 e. The van der Waals surface area contributed by atoms with E-state index in [0.29, 0.717) is 24.5 Å². The van der Waals surface area contributed by atoms with Crippen LogP contribution >= 0.6 is 0 Å². The first kappa shape index (κ1) is 13.2. The lowest BCUT2D eigenvalue weighted by molar-refractivity contribution is 0.392. The largest absolute Gasteiger partial charge is 0.329 e. The molecule has 2 heteroatoms. The number of nitrogens with one attached hydrogen (secondary N) is 1. The molecule has 0 amide bonds. The Kier molecular flexibility index (Phi) is 5.50. The first-order valence-electron chi connectivity index (χ1n) is 6.14. The van der Waals surface area contributed by atoms with Gasteiger partial charge >= 0.3 is 0 Å². The van der Waals surface area contributed by atoms with Gasteiger partial charge in [0.2, 0.25) is 0 Å². The van der Waals surface area contributed by atoms with Crippen LogP contribution < -0.4 is 11.1 Å². The summed E-state index contributed by atoms with van der Waals surface area (Å²) in [5.74, 6) is 0.683. The fourth-order valence-corrected chi connectivity index (χ4v) is 1.87. The topological polar surface area (TPSA) is 38.0 Å². The predicted octanol–water partition coefficient (Wildman–Crippen LogP) is 2.71. The molecule has 2 atom stereocenters. The predicted molar refractivity (Wildman–Crippen MR) is 70.3 cm³/mol. The Morgan fingerprint density at radius 1 is 1.12 bits per heavy atom. The number of hydrogen-bond acceptors (Lipinski definition) is 2. The van der Waals surface area contributed by atoms with Crippen molar-refractivity contribution >= 4 is 0 Å². The molecule has 0 bridgehead atoms. The summed E-state index contributed by atoms with van der Waals surface area (Å²) in [6.45, 7) is 7.33. The van der Waals surface area contributed by atoms with Gasteiger partial charge in [-0.15, -0.1) is 0 Å². The quantitative estimate of drug-likeness (QED) is 0.773. The number of hydrogen-bond donors (Lipinski definition) is 2. The van der Waals surface area contributed by atoms with Gasteiger partial charge in [-0.1, -0.05) is 44.2 Å². The second-order valence-corrected chi connectivity index (χ2v) is 4.90. The summed E-state index contributed by atoms with van der Waals surface area (Å²) in [5, 5.41) is 3.59. The molecule has 0 heterocycles. The smallest absolute Gasteiger partial charge is 0.0325 e. The lowest BCUT2D eigenvalue weighted by Crippen LogP contribution is -2.36. The van der Waals surface area contributed by atoms with Crippen LogP contribution in [0.15, 0.2) is 30.3 Å². The molecule has 0 spiro atoms. The minimum absolute atomic E-state index is 0.365. The molecule has 0 aromatic heterocycles. The molecule has 90 valence electrons. The first-order chi connectivity index (χ1) is 7.63. The van der Waals surface area contributed by atoms with E-state index in [0.717, 1.165) is 6.42 Å². The van der Waals surface area contributed by atoms with Crippen LogP contribution in [0.5, 0.6) is 0 Å². The third-order valence-electron chi connectivity index (χ3n) is 2.75. The highest BCUT2D eigenvalue weighted by Gasteiger charge is 2.14. The van der Waals surface area contributed by atoms with Crippen molar-refractivity contribution in [1.29, 1.82) is 0 Å². The van der Waals surface area contributed by atoms with Crippen molar-refractivity contribution in [2.45, 2.75) is 39.3 Å². The van der Waals surface area contributed by atoms with Crippen LogP contribution in [-0.4, -0.2) is 12.6 Å². The van der Waals surface area contributed by atoms with E-state index in [4.69, 9.17) is 5.73 Å². The van der Waals surface area contributed by atoms with Crippen LogP contribution in [-0.2, 0) is 0 Å². The normalized spacial score (nSPS) is 15.1. The monoisotopic (exact) mass is 220 g/mol. The molecule has 3 N–H and O–H groups in total. The summed E-state index contributed by atoms with van der Waals surface area (Å²) >= 11 is 0.